The Bertz CT molecular complexity index is 1190. The molecule has 0 spiro atoms. The lowest BCUT2D eigenvalue weighted by Crippen LogP contribution is -2.21. The molecule has 0 fully saturated rings. The van der Waals surface area contributed by atoms with Crippen molar-refractivity contribution in [2.75, 3.05) is 19.0 Å². The Labute approximate surface area is 193 Å². The minimum Gasteiger partial charge on any atom is -0.497 e. The van der Waals surface area contributed by atoms with Gasteiger partial charge >= 0.3 is 5.97 Å². The summed E-state index contributed by atoms with van der Waals surface area (Å²) < 4.78 is 10.3. The highest BCUT2D eigenvalue weighted by Gasteiger charge is 2.19. The highest BCUT2D eigenvalue weighted by atomic mass is 32.1. The molecule has 0 saturated heterocycles. The number of nitrogens with one attached hydrogen (secondary N) is 1. The number of esters is 1. The van der Waals surface area contributed by atoms with Gasteiger partial charge in [0.2, 0.25) is 0 Å². The third kappa shape index (κ3) is 5.40. The smallest absolute Gasteiger partial charge is 0.311 e. The SMILES string of the molecule is COc1ccc(NC(=O)COC(=O)Cc2sc(-c3ccccc3)nc2-c2cccs2)cc1. The second-order valence-corrected chi connectivity index (χ2v) is 8.78. The molecule has 0 atom stereocenters. The van der Waals surface area contributed by atoms with Gasteiger partial charge in [-0.25, -0.2) is 4.98 Å². The summed E-state index contributed by atoms with van der Waals surface area (Å²) in [7, 11) is 1.57. The Morgan fingerprint density at radius 2 is 1.78 bits per heavy atom. The van der Waals surface area contributed by atoms with Crippen molar-refractivity contribution in [1.82, 2.24) is 4.98 Å². The Morgan fingerprint density at radius 1 is 1.00 bits per heavy atom. The second kappa shape index (κ2) is 10.2. The molecule has 4 rings (SSSR count). The number of hydrogen-bond donors (Lipinski definition) is 1. The highest BCUT2D eigenvalue weighted by molar-refractivity contribution is 7.17. The topological polar surface area (TPSA) is 77.5 Å². The van der Waals surface area contributed by atoms with Crippen molar-refractivity contribution in [2.24, 2.45) is 0 Å². The predicted octanol–water partition coefficient (Wildman–Crippen LogP) is 5.27. The number of benzene rings is 2. The number of amides is 1. The number of carbonyl (C=O) groups is 2. The molecule has 0 unspecified atom stereocenters. The van der Waals surface area contributed by atoms with Crippen molar-refractivity contribution in [3.8, 4) is 26.9 Å². The molecule has 1 N–H and O–H groups in total. The van der Waals surface area contributed by atoms with Gasteiger partial charge in [0.25, 0.3) is 5.91 Å². The van der Waals surface area contributed by atoms with Crippen LogP contribution in [0.15, 0.2) is 72.1 Å². The number of thiazole rings is 1. The molecule has 162 valence electrons. The van der Waals surface area contributed by atoms with E-state index >= 15 is 0 Å². The van der Waals surface area contributed by atoms with E-state index in [1.165, 1.54) is 11.3 Å². The van der Waals surface area contributed by atoms with Crippen molar-refractivity contribution in [3.63, 3.8) is 0 Å². The number of ether oxygens (including phenoxy) is 2. The van der Waals surface area contributed by atoms with Crippen LogP contribution in [0.25, 0.3) is 21.1 Å². The maximum absolute atomic E-state index is 12.5. The van der Waals surface area contributed by atoms with Crippen LogP contribution in [-0.4, -0.2) is 30.6 Å². The molecule has 0 saturated carbocycles. The van der Waals surface area contributed by atoms with E-state index in [2.05, 4.69) is 5.32 Å². The standard InChI is InChI=1S/C24H20N2O4S2/c1-29-18-11-9-17(10-12-18)25-21(27)15-30-22(28)14-20-23(19-8-5-13-31-19)26-24(32-20)16-6-3-2-4-7-16/h2-13H,14-15H2,1H3,(H,25,27). The molecule has 2 aromatic heterocycles. The molecule has 6 nitrogen and oxygen atoms in total. The maximum atomic E-state index is 12.5. The third-order valence-electron chi connectivity index (χ3n) is 4.52. The van der Waals surface area contributed by atoms with Gasteiger partial charge in [0.15, 0.2) is 6.61 Å². The first-order valence-electron chi connectivity index (χ1n) is 9.81. The molecular formula is C24H20N2O4S2. The zero-order chi connectivity index (χ0) is 22.3. The number of carbonyl (C=O) groups excluding carboxylic acids is 2. The van der Waals surface area contributed by atoms with Gasteiger partial charge in [0.1, 0.15) is 10.8 Å². The van der Waals surface area contributed by atoms with Gasteiger partial charge in [-0.3, -0.25) is 9.59 Å². The van der Waals surface area contributed by atoms with E-state index in [1.807, 2.05) is 47.8 Å². The van der Waals surface area contributed by atoms with Crippen LogP contribution in [-0.2, 0) is 20.7 Å². The van der Waals surface area contributed by atoms with E-state index in [9.17, 15) is 9.59 Å². The van der Waals surface area contributed by atoms with Crippen molar-refractivity contribution in [1.29, 1.82) is 0 Å². The largest absolute Gasteiger partial charge is 0.497 e. The molecule has 0 aliphatic rings. The molecule has 8 heteroatoms. The fourth-order valence-electron chi connectivity index (χ4n) is 2.98. The molecule has 1 amide bonds. The number of nitrogens with zero attached hydrogens (tertiary/aromatic N) is 1. The molecule has 2 aromatic carbocycles. The van der Waals surface area contributed by atoms with Crippen molar-refractivity contribution < 1.29 is 19.1 Å². The number of aromatic nitrogens is 1. The van der Waals surface area contributed by atoms with Crippen LogP contribution in [0.2, 0.25) is 0 Å². The average molecular weight is 465 g/mol. The van der Waals surface area contributed by atoms with E-state index in [1.54, 1.807) is 42.7 Å². The van der Waals surface area contributed by atoms with Crippen LogP contribution < -0.4 is 10.1 Å². The number of hydrogen-bond acceptors (Lipinski definition) is 7. The predicted molar refractivity (Wildman–Crippen MR) is 127 cm³/mol. The first-order valence-corrected chi connectivity index (χ1v) is 11.5. The molecular weight excluding hydrogens is 444 g/mol. The Balaban J connectivity index is 1.41. The van der Waals surface area contributed by atoms with E-state index in [0.29, 0.717) is 11.4 Å². The first-order chi connectivity index (χ1) is 15.6. The Kier molecular flexibility index (Phi) is 6.94. The number of rotatable bonds is 8. The summed E-state index contributed by atoms with van der Waals surface area (Å²) in [6, 6.07) is 20.7. The molecule has 32 heavy (non-hydrogen) atoms. The average Bonchev–Trinajstić information content (AvgIpc) is 3.49. The Morgan fingerprint density at radius 3 is 2.47 bits per heavy atom. The summed E-state index contributed by atoms with van der Waals surface area (Å²) in [5.41, 5.74) is 2.37. The van der Waals surface area contributed by atoms with Gasteiger partial charge in [0.05, 0.1) is 24.1 Å². The minimum atomic E-state index is -0.476. The third-order valence-corrected chi connectivity index (χ3v) is 6.50. The second-order valence-electron chi connectivity index (χ2n) is 6.75. The van der Waals surface area contributed by atoms with Gasteiger partial charge < -0.3 is 14.8 Å². The Hall–Kier alpha value is -3.49. The van der Waals surface area contributed by atoms with Gasteiger partial charge in [-0.1, -0.05) is 36.4 Å². The van der Waals surface area contributed by atoms with Crippen molar-refractivity contribution in [3.05, 3.63) is 77.0 Å². The number of anilines is 1. The van der Waals surface area contributed by atoms with Crippen molar-refractivity contribution in [2.45, 2.75) is 6.42 Å². The fourth-order valence-corrected chi connectivity index (χ4v) is 4.85. The minimum absolute atomic E-state index is 0.0492. The maximum Gasteiger partial charge on any atom is 0.311 e. The van der Waals surface area contributed by atoms with Gasteiger partial charge in [0, 0.05) is 16.1 Å². The normalized spacial score (nSPS) is 10.5. The van der Waals surface area contributed by atoms with Crippen LogP contribution in [0.5, 0.6) is 5.75 Å². The fraction of sp³-hybridized carbons (Fsp3) is 0.125. The summed E-state index contributed by atoms with van der Waals surface area (Å²) in [5, 5.41) is 5.51. The molecule has 0 aliphatic heterocycles. The van der Waals surface area contributed by atoms with E-state index in [-0.39, 0.29) is 13.0 Å². The van der Waals surface area contributed by atoms with Gasteiger partial charge in [-0.15, -0.1) is 22.7 Å². The van der Waals surface area contributed by atoms with Crippen LogP contribution in [0.3, 0.4) is 0 Å². The van der Waals surface area contributed by atoms with E-state index in [0.717, 1.165) is 26.0 Å². The van der Waals surface area contributed by atoms with Crippen LogP contribution >= 0.6 is 22.7 Å². The van der Waals surface area contributed by atoms with Gasteiger partial charge in [-0.05, 0) is 35.7 Å². The zero-order valence-electron chi connectivity index (χ0n) is 17.2. The lowest BCUT2D eigenvalue weighted by Gasteiger charge is -2.07. The molecule has 0 radical (unpaired) electrons. The lowest BCUT2D eigenvalue weighted by molar-refractivity contribution is -0.146. The number of thiophene rings is 1. The van der Waals surface area contributed by atoms with Crippen LogP contribution in [0, 0.1) is 0 Å². The monoisotopic (exact) mass is 464 g/mol. The summed E-state index contributed by atoms with van der Waals surface area (Å²) in [6.45, 7) is -0.358. The lowest BCUT2D eigenvalue weighted by atomic mass is 10.2. The summed E-state index contributed by atoms with van der Waals surface area (Å²) in [6.07, 6.45) is 0.0492. The van der Waals surface area contributed by atoms with E-state index < -0.39 is 11.9 Å². The highest BCUT2D eigenvalue weighted by Crippen LogP contribution is 2.36. The van der Waals surface area contributed by atoms with Crippen LogP contribution in [0.4, 0.5) is 5.69 Å². The molecule has 0 aliphatic carbocycles. The van der Waals surface area contributed by atoms with Gasteiger partial charge in [-0.2, -0.15) is 0 Å². The van der Waals surface area contributed by atoms with Crippen LogP contribution in [0.1, 0.15) is 4.88 Å². The quantitative estimate of drug-likeness (QED) is 0.359. The van der Waals surface area contributed by atoms with E-state index in [4.69, 9.17) is 14.5 Å². The molecule has 2 heterocycles. The number of methoxy groups -OCH3 is 1. The first kappa shape index (κ1) is 21.7. The summed E-state index contributed by atoms with van der Waals surface area (Å²) in [4.78, 5) is 31.2. The molecule has 4 aromatic rings. The molecule has 0 bridgehead atoms. The van der Waals surface area contributed by atoms with Crippen molar-refractivity contribution >= 4 is 40.2 Å². The zero-order valence-corrected chi connectivity index (χ0v) is 18.9. The summed E-state index contributed by atoms with van der Waals surface area (Å²) in [5.74, 6) is -0.192. The summed E-state index contributed by atoms with van der Waals surface area (Å²) >= 11 is 3.03.